The van der Waals surface area contributed by atoms with Crippen LogP contribution in [0.3, 0.4) is 0 Å². The Hall–Kier alpha value is -1.65. The molecule has 9 heteroatoms. The van der Waals surface area contributed by atoms with E-state index in [9.17, 15) is 8.42 Å². The number of likely N-dealkylation sites (N-methyl/N-ethyl adjacent to an activating group) is 1. The molecular formula is C20H29N3O4S2. The van der Waals surface area contributed by atoms with Gasteiger partial charge in [0.25, 0.3) is 0 Å². The lowest BCUT2D eigenvalue weighted by Crippen LogP contribution is -2.48. The van der Waals surface area contributed by atoms with Gasteiger partial charge >= 0.3 is 0 Å². The second-order valence-corrected chi connectivity index (χ2v) is 9.83. The van der Waals surface area contributed by atoms with Crippen LogP contribution in [0.2, 0.25) is 0 Å². The van der Waals surface area contributed by atoms with E-state index in [-0.39, 0.29) is 11.8 Å². The van der Waals surface area contributed by atoms with Gasteiger partial charge in [0.05, 0.1) is 20.0 Å². The molecule has 29 heavy (non-hydrogen) atoms. The highest BCUT2D eigenvalue weighted by atomic mass is 32.2. The fourth-order valence-electron chi connectivity index (χ4n) is 3.48. The largest absolute Gasteiger partial charge is 0.497 e. The average Bonchev–Trinajstić information content (AvgIpc) is 3.23. The maximum atomic E-state index is 12.8. The van der Waals surface area contributed by atoms with E-state index in [1.165, 1.54) is 0 Å². The van der Waals surface area contributed by atoms with Gasteiger partial charge in [-0.1, -0.05) is 0 Å². The molecule has 3 rings (SSSR count). The van der Waals surface area contributed by atoms with E-state index in [0.717, 1.165) is 31.7 Å². The molecule has 0 radical (unpaired) electrons. The maximum absolute atomic E-state index is 12.8. The van der Waals surface area contributed by atoms with Gasteiger partial charge < -0.3 is 14.4 Å². The first kappa shape index (κ1) is 22.0. The number of nitrogens with one attached hydrogen (secondary N) is 1. The molecule has 0 saturated carbocycles. The molecule has 1 aliphatic rings. The number of hydrogen-bond donors (Lipinski definition) is 1. The van der Waals surface area contributed by atoms with Crippen molar-refractivity contribution in [2.24, 2.45) is 0 Å². The molecule has 0 aliphatic carbocycles. The van der Waals surface area contributed by atoms with Crippen LogP contribution in [0.5, 0.6) is 11.5 Å². The van der Waals surface area contributed by atoms with Crippen LogP contribution in [0.25, 0.3) is 0 Å². The lowest BCUT2D eigenvalue weighted by Gasteiger charge is -2.37. The minimum atomic E-state index is -3.51. The van der Waals surface area contributed by atoms with E-state index < -0.39 is 10.0 Å². The highest BCUT2D eigenvalue weighted by Gasteiger charge is 2.26. The molecule has 7 nitrogen and oxygen atoms in total. The Balaban J connectivity index is 1.70. The third-order valence-corrected chi connectivity index (χ3v) is 7.19. The number of ether oxygens (including phenoxy) is 2. The monoisotopic (exact) mass is 439 g/mol. The standard InChI is InChI=1S/C20H29N3O4S2/c1-22-5-7-23(8-6-22)20(17-4-9-28-14-17)13-21-29(24,25)15-16-10-18(26-2)12-19(11-16)27-3/h4,9-12,14,20-21H,5-8,13,15H2,1-3H3. The minimum Gasteiger partial charge on any atom is -0.497 e. The first-order valence-electron chi connectivity index (χ1n) is 9.54. The number of nitrogens with zero attached hydrogens (tertiary/aromatic N) is 2. The molecule has 1 atom stereocenters. The summed E-state index contributed by atoms with van der Waals surface area (Å²) in [6.07, 6.45) is 0. The summed E-state index contributed by atoms with van der Waals surface area (Å²) in [4.78, 5) is 4.65. The number of piperazine rings is 1. The van der Waals surface area contributed by atoms with Crippen LogP contribution in [0, 0.1) is 0 Å². The molecule has 1 fully saturated rings. The fraction of sp³-hybridized carbons (Fsp3) is 0.500. The molecular weight excluding hydrogens is 410 g/mol. The summed E-state index contributed by atoms with van der Waals surface area (Å²) in [7, 11) is 1.70. The summed E-state index contributed by atoms with van der Waals surface area (Å²) in [5.74, 6) is 1.02. The van der Waals surface area contributed by atoms with Crippen LogP contribution in [-0.2, 0) is 15.8 Å². The zero-order valence-corrected chi connectivity index (χ0v) is 18.8. The van der Waals surface area contributed by atoms with E-state index in [1.54, 1.807) is 43.8 Å². The van der Waals surface area contributed by atoms with Gasteiger partial charge in [-0.05, 0) is 47.1 Å². The predicted octanol–water partition coefficient (Wildman–Crippen LogP) is 2.17. The van der Waals surface area contributed by atoms with Gasteiger partial charge in [-0.15, -0.1) is 0 Å². The summed E-state index contributed by atoms with van der Waals surface area (Å²) >= 11 is 1.63. The van der Waals surface area contributed by atoms with E-state index in [0.29, 0.717) is 23.6 Å². The third-order valence-electron chi connectivity index (χ3n) is 5.17. The normalized spacial score (nSPS) is 17.2. The number of benzene rings is 1. The zero-order chi connectivity index (χ0) is 20.9. The van der Waals surface area contributed by atoms with Crippen LogP contribution >= 0.6 is 11.3 Å². The Bertz CT molecular complexity index is 857. The van der Waals surface area contributed by atoms with Gasteiger partial charge in [-0.25, -0.2) is 13.1 Å². The summed E-state index contributed by atoms with van der Waals surface area (Å²) in [6.45, 7) is 4.16. The fourth-order valence-corrected chi connectivity index (χ4v) is 5.31. The Kier molecular flexibility index (Phi) is 7.53. The minimum absolute atomic E-state index is 0.0320. The number of sulfonamides is 1. The third kappa shape index (κ3) is 6.16. The smallest absolute Gasteiger partial charge is 0.215 e. The summed E-state index contributed by atoms with van der Waals surface area (Å²) < 4.78 is 38.9. The first-order valence-corrected chi connectivity index (χ1v) is 12.1. The summed E-state index contributed by atoms with van der Waals surface area (Å²) in [5, 5.41) is 4.14. The van der Waals surface area contributed by atoms with Gasteiger partial charge in [0.1, 0.15) is 11.5 Å². The first-order chi connectivity index (χ1) is 13.9. The Morgan fingerprint density at radius 2 is 1.76 bits per heavy atom. The Morgan fingerprint density at radius 3 is 2.31 bits per heavy atom. The van der Waals surface area contributed by atoms with Crippen molar-refractivity contribution in [1.82, 2.24) is 14.5 Å². The van der Waals surface area contributed by atoms with Crippen LogP contribution in [-0.4, -0.2) is 72.2 Å². The van der Waals surface area contributed by atoms with E-state index in [2.05, 4.69) is 33.0 Å². The van der Waals surface area contributed by atoms with Crippen LogP contribution in [0.1, 0.15) is 17.2 Å². The SMILES string of the molecule is COc1cc(CS(=O)(=O)NCC(c2ccsc2)N2CCN(C)CC2)cc(OC)c1. The Labute approximate surface area is 177 Å². The highest BCUT2D eigenvalue weighted by Crippen LogP contribution is 2.25. The number of rotatable bonds is 9. The second kappa shape index (κ2) is 9.90. The summed E-state index contributed by atoms with van der Waals surface area (Å²) in [6, 6.07) is 7.28. The quantitative estimate of drug-likeness (QED) is 0.646. The molecule has 1 N–H and O–H groups in total. The second-order valence-electron chi connectivity index (χ2n) is 7.24. The van der Waals surface area contributed by atoms with Crippen molar-refractivity contribution in [2.75, 3.05) is 54.0 Å². The highest BCUT2D eigenvalue weighted by molar-refractivity contribution is 7.88. The zero-order valence-electron chi connectivity index (χ0n) is 17.1. The van der Waals surface area contributed by atoms with Gasteiger partial charge in [0, 0.05) is 44.8 Å². The van der Waals surface area contributed by atoms with Crippen molar-refractivity contribution < 1.29 is 17.9 Å². The van der Waals surface area contributed by atoms with E-state index in [1.807, 2.05) is 5.38 Å². The predicted molar refractivity (Wildman–Crippen MR) is 116 cm³/mol. The van der Waals surface area contributed by atoms with E-state index >= 15 is 0 Å². The van der Waals surface area contributed by atoms with Gasteiger partial charge in [0.2, 0.25) is 10.0 Å². The van der Waals surface area contributed by atoms with Crippen molar-refractivity contribution in [2.45, 2.75) is 11.8 Å². The summed E-state index contributed by atoms with van der Waals surface area (Å²) in [5.41, 5.74) is 1.78. The molecule has 0 bridgehead atoms. The van der Waals surface area contributed by atoms with Gasteiger partial charge in [0.15, 0.2) is 0 Å². The van der Waals surface area contributed by atoms with Crippen molar-refractivity contribution in [3.63, 3.8) is 0 Å². The van der Waals surface area contributed by atoms with Gasteiger partial charge in [-0.2, -0.15) is 11.3 Å². The van der Waals surface area contributed by atoms with Crippen LogP contribution in [0.4, 0.5) is 0 Å². The lowest BCUT2D eigenvalue weighted by molar-refractivity contribution is 0.113. The molecule has 1 aliphatic heterocycles. The van der Waals surface area contributed by atoms with Crippen LogP contribution in [0.15, 0.2) is 35.0 Å². The van der Waals surface area contributed by atoms with E-state index in [4.69, 9.17) is 9.47 Å². The molecule has 160 valence electrons. The van der Waals surface area contributed by atoms with Crippen molar-refractivity contribution >= 4 is 21.4 Å². The molecule has 1 aromatic carbocycles. The van der Waals surface area contributed by atoms with Crippen LogP contribution < -0.4 is 14.2 Å². The number of methoxy groups -OCH3 is 2. The van der Waals surface area contributed by atoms with Crippen molar-refractivity contribution in [3.8, 4) is 11.5 Å². The molecule has 0 amide bonds. The topological polar surface area (TPSA) is 71.1 Å². The molecule has 2 heterocycles. The lowest BCUT2D eigenvalue weighted by atomic mass is 10.1. The molecule has 1 aromatic heterocycles. The van der Waals surface area contributed by atoms with Crippen molar-refractivity contribution in [3.05, 3.63) is 46.2 Å². The molecule has 1 saturated heterocycles. The van der Waals surface area contributed by atoms with Crippen molar-refractivity contribution in [1.29, 1.82) is 0 Å². The maximum Gasteiger partial charge on any atom is 0.215 e. The molecule has 1 unspecified atom stereocenters. The van der Waals surface area contributed by atoms with Gasteiger partial charge in [-0.3, -0.25) is 4.90 Å². The number of hydrogen-bond acceptors (Lipinski definition) is 7. The number of thiophene rings is 1. The molecule has 0 spiro atoms. The average molecular weight is 440 g/mol. The molecule has 2 aromatic rings. The Morgan fingerprint density at radius 1 is 1.10 bits per heavy atom.